The summed E-state index contributed by atoms with van der Waals surface area (Å²) in [4.78, 5) is 15.1. The highest BCUT2D eigenvalue weighted by molar-refractivity contribution is 6.25. The van der Waals surface area contributed by atoms with Crippen molar-refractivity contribution in [3.63, 3.8) is 0 Å². The molecular weight excluding hydrogens is 178 g/mol. The number of hydrogen-bond acceptors (Lipinski definition) is 3. The SMILES string of the molecule is CC1(Cl)OC(=O)c2cccnc21. The lowest BCUT2D eigenvalue weighted by atomic mass is 10.2. The van der Waals surface area contributed by atoms with Crippen molar-refractivity contribution in [3.05, 3.63) is 29.6 Å². The molecule has 62 valence electrons. The fourth-order valence-electron chi connectivity index (χ4n) is 1.20. The van der Waals surface area contributed by atoms with Gasteiger partial charge < -0.3 is 4.74 Å². The molecule has 12 heavy (non-hydrogen) atoms. The first-order valence-electron chi connectivity index (χ1n) is 3.49. The van der Waals surface area contributed by atoms with E-state index in [-0.39, 0.29) is 0 Å². The van der Waals surface area contributed by atoms with Crippen LogP contribution >= 0.6 is 11.6 Å². The van der Waals surface area contributed by atoms with E-state index in [1.165, 1.54) is 0 Å². The standard InChI is InChI=1S/C8H6ClNO2/c1-8(9)6-5(7(11)12-8)3-2-4-10-6/h2-4H,1H3. The zero-order chi connectivity index (χ0) is 8.77. The van der Waals surface area contributed by atoms with Crippen molar-refractivity contribution < 1.29 is 9.53 Å². The molecule has 3 nitrogen and oxygen atoms in total. The molecule has 0 amide bonds. The number of fused-ring (bicyclic) bond motifs is 1. The number of carbonyl (C=O) groups is 1. The third-order valence-electron chi connectivity index (χ3n) is 1.73. The van der Waals surface area contributed by atoms with Crippen LogP contribution < -0.4 is 0 Å². The van der Waals surface area contributed by atoms with Gasteiger partial charge in [0, 0.05) is 6.20 Å². The summed E-state index contributed by atoms with van der Waals surface area (Å²) in [7, 11) is 0. The number of hydrogen-bond donors (Lipinski definition) is 0. The van der Waals surface area contributed by atoms with Gasteiger partial charge in [-0.25, -0.2) is 4.79 Å². The second-order valence-electron chi connectivity index (χ2n) is 2.71. The van der Waals surface area contributed by atoms with Crippen molar-refractivity contribution >= 4 is 17.6 Å². The number of nitrogens with zero attached hydrogens (tertiary/aromatic N) is 1. The van der Waals surface area contributed by atoms with E-state index in [9.17, 15) is 4.79 Å². The number of alkyl halides is 1. The van der Waals surface area contributed by atoms with Gasteiger partial charge in [0.05, 0.1) is 5.56 Å². The molecule has 0 radical (unpaired) electrons. The molecule has 1 aromatic rings. The Morgan fingerprint density at radius 1 is 1.67 bits per heavy atom. The fourth-order valence-corrected chi connectivity index (χ4v) is 1.42. The zero-order valence-corrected chi connectivity index (χ0v) is 7.13. The molecule has 1 aliphatic rings. The molecule has 0 saturated heterocycles. The first kappa shape index (κ1) is 7.55. The van der Waals surface area contributed by atoms with Gasteiger partial charge in [0.2, 0.25) is 5.06 Å². The Hall–Kier alpha value is -1.09. The molecule has 1 unspecified atom stereocenters. The van der Waals surface area contributed by atoms with Gasteiger partial charge in [-0.05, 0) is 19.1 Å². The second-order valence-corrected chi connectivity index (χ2v) is 3.43. The van der Waals surface area contributed by atoms with Crippen LogP contribution in [0.15, 0.2) is 18.3 Å². The summed E-state index contributed by atoms with van der Waals surface area (Å²) in [5.41, 5.74) is 0.951. The van der Waals surface area contributed by atoms with Crippen LogP contribution in [0.1, 0.15) is 23.0 Å². The average Bonchev–Trinajstić information content (AvgIpc) is 2.25. The minimum atomic E-state index is -1.09. The van der Waals surface area contributed by atoms with Gasteiger partial charge in [-0.2, -0.15) is 0 Å². The van der Waals surface area contributed by atoms with E-state index in [4.69, 9.17) is 16.3 Å². The van der Waals surface area contributed by atoms with Crippen LogP contribution in [0.3, 0.4) is 0 Å². The summed E-state index contributed by atoms with van der Waals surface area (Å²) in [5.74, 6) is -0.407. The van der Waals surface area contributed by atoms with Gasteiger partial charge in [0.15, 0.2) is 0 Å². The summed E-state index contributed by atoms with van der Waals surface area (Å²) in [6.45, 7) is 1.60. The molecule has 0 spiro atoms. The van der Waals surface area contributed by atoms with Crippen LogP contribution in [-0.2, 0) is 9.80 Å². The van der Waals surface area contributed by atoms with Crippen LogP contribution in [0, 0.1) is 0 Å². The lowest BCUT2D eigenvalue weighted by Crippen LogP contribution is -2.13. The molecule has 0 N–H and O–H groups in total. The summed E-state index contributed by atoms with van der Waals surface area (Å²) in [5, 5.41) is -1.09. The Balaban J connectivity index is 2.66. The van der Waals surface area contributed by atoms with Crippen LogP contribution in [0.25, 0.3) is 0 Å². The van der Waals surface area contributed by atoms with Crippen LogP contribution in [0.2, 0.25) is 0 Å². The normalized spacial score (nSPS) is 26.7. The third-order valence-corrected chi connectivity index (χ3v) is 1.99. The molecule has 4 heteroatoms. The fraction of sp³-hybridized carbons (Fsp3) is 0.250. The molecule has 0 fully saturated rings. The molecule has 1 aliphatic heterocycles. The van der Waals surface area contributed by atoms with Gasteiger partial charge in [-0.1, -0.05) is 11.6 Å². The summed E-state index contributed by atoms with van der Waals surface area (Å²) < 4.78 is 4.88. The first-order valence-corrected chi connectivity index (χ1v) is 3.87. The van der Waals surface area contributed by atoms with E-state index in [0.717, 1.165) is 0 Å². The van der Waals surface area contributed by atoms with Crippen LogP contribution in [0.4, 0.5) is 0 Å². The van der Waals surface area contributed by atoms with Crippen molar-refractivity contribution in [1.29, 1.82) is 0 Å². The van der Waals surface area contributed by atoms with Gasteiger partial charge in [0.1, 0.15) is 5.69 Å². The van der Waals surface area contributed by atoms with Crippen LogP contribution in [0.5, 0.6) is 0 Å². The molecule has 0 aromatic carbocycles. The van der Waals surface area contributed by atoms with E-state index in [2.05, 4.69) is 4.98 Å². The molecule has 0 bridgehead atoms. The predicted molar refractivity (Wildman–Crippen MR) is 42.9 cm³/mol. The topological polar surface area (TPSA) is 39.2 Å². The molecular formula is C8H6ClNO2. The molecule has 0 aliphatic carbocycles. The summed E-state index contributed by atoms with van der Waals surface area (Å²) in [6, 6.07) is 3.33. The molecule has 1 atom stereocenters. The number of aromatic nitrogens is 1. The van der Waals surface area contributed by atoms with Crippen molar-refractivity contribution in [1.82, 2.24) is 4.98 Å². The minimum absolute atomic E-state index is 0.407. The maximum Gasteiger partial charge on any atom is 0.342 e. The Bertz CT molecular complexity index is 349. The van der Waals surface area contributed by atoms with Crippen LogP contribution in [-0.4, -0.2) is 11.0 Å². The molecule has 2 rings (SSSR count). The minimum Gasteiger partial charge on any atom is -0.434 e. The Kier molecular flexibility index (Phi) is 1.38. The van der Waals surface area contributed by atoms with Crippen molar-refractivity contribution in [2.75, 3.05) is 0 Å². The number of carbonyl (C=O) groups excluding carboxylic acids is 1. The van der Waals surface area contributed by atoms with Gasteiger partial charge >= 0.3 is 5.97 Å². The monoisotopic (exact) mass is 183 g/mol. The number of halogens is 1. The Morgan fingerprint density at radius 2 is 2.42 bits per heavy atom. The van der Waals surface area contributed by atoms with Crippen molar-refractivity contribution in [2.45, 2.75) is 12.0 Å². The van der Waals surface area contributed by atoms with E-state index in [1.807, 2.05) is 0 Å². The number of esters is 1. The highest BCUT2D eigenvalue weighted by Crippen LogP contribution is 2.37. The maximum absolute atomic E-state index is 11.1. The van der Waals surface area contributed by atoms with Gasteiger partial charge in [-0.15, -0.1) is 0 Å². The molecule has 1 aromatic heterocycles. The summed E-state index contributed by atoms with van der Waals surface area (Å²) in [6.07, 6.45) is 1.58. The third kappa shape index (κ3) is 0.898. The number of ether oxygens (including phenoxy) is 1. The average molecular weight is 184 g/mol. The largest absolute Gasteiger partial charge is 0.434 e. The smallest absolute Gasteiger partial charge is 0.342 e. The quantitative estimate of drug-likeness (QED) is 0.454. The van der Waals surface area contributed by atoms with E-state index < -0.39 is 11.0 Å². The lowest BCUT2D eigenvalue weighted by molar-refractivity contribution is 0.0309. The van der Waals surface area contributed by atoms with Gasteiger partial charge in [-0.3, -0.25) is 4.98 Å². The molecule has 0 saturated carbocycles. The highest BCUT2D eigenvalue weighted by atomic mass is 35.5. The second kappa shape index (κ2) is 2.20. The van der Waals surface area contributed by atoms with E-state index in [1.54, 1.807) is 25.3 Å². The zero-order valence-electron chi connectivity index (χ0n) is 6.37. The number of cyclic esters (lactones) is 1. The molecule has 2 heterocycles. The number of rotatable bonds is 0. The first-order chi connectivity index (χ1) is 5.61. The number of pyridine rings is 1. The van der Waals surface area contributed by atoms with E-state index in [0.29, 0.717) is 11.3 Å². The van der Waals surface area contributed by atoms with Crippen molar-refractivity contribution in [3.8, 4) is 0 Å². The van der Waals surface area contributed by atoms with Gasteiger partial charge in [0.25, 0.3) is 0 Å². The maximum atomic E-state index is 11.1. The Morgan fingerprint density at radius 3 is 3.08 bits per heavy atom. The lowest BCUT2D eigenvalue weighted by Gasteiger charge is -2.12. The summed E-state index contributed by atoms with van der Waals surface area (Å²) >= 11 is 5.89. The Labute approximate surface area is 74.3 Å². The van der Waals surface area contributed by atoms with Crippen molar-refractivity contribution in [2.24, 2.45) is 0 Å². The van der Waals surface area contributed by atoms with E-state index >= 15 is 0 Å². The highest BCUT2D eigenvalue weighted by Gasteiger charge is 2.41. The predicted octanol–water partition coefficient (Wildman–Crippen LogP) is 1.66.